The van der Waals surface area contributed by atoms with Gasteiger partial charge in [-0.25, -0.2) is 0 Å². The summed E-state index contributed by atoms with van der Waals surface area (Å²) in [6, 6.07) is 7.04. The lowest BCUT2D eigenvalue weighted by Gasteiger charge is -2.07. The van der Waals surface area contributed by atoms with E-state index in [0.717, 1.165) is 11.3 Å². The van der Waals surface area contributed by atoms with Crippen molar-refractivity contribution in [1.29, 1.82) is 5.41 Å². The Balaban J connectivity index is 2.08. The lowest BCUT2D eigenvalue weighted by molar-refractivity contribution is 0.305. The minimum Gasteiger partial charge on any atom is -0.489 e. The third-order valence-electron chi connectivity index (χ3n) is 2.82. The van der Waals surface area contributed by atoms with Crippen molar-refractivity contribution < 1.29 is 4.74 Å². The smallest absolute Gasteiger partial charge is 0.133 e. The average molecular weight is 279 g/mol. The Kier molecular flexibility index (Phi) is 3.76. The van der Waals surface area contributed by atoms with Gasteiger partial charge in [0.05, 0.1) is 5.69 Å². The number of benzene rings is 1. The molecule has 3 N–H and O–H groups in total. The number of halogens is 1. The second-order valence-electron chi connectivity index (χ2n) is 4.21. The summed E-state index contributed by atoms with van der Waals surface area (Å²) >= 11 is 6.12. The SMILES string of the molecule is Cc1nn(C)c(Cl)c1COc1ccc(C(=N)N)cc1. The summed E-state index contributed by atoms with van der Waals surface area (Å²) in [5, 5.41) is 12.1. The Morgan fingerprint density at radius 2 is 2.05 bits per heavy atom. The van der Waals surface area contributed by atoms with Gasteiger partial charge in [0.1, 0.15) is 23.3 Å². The predicted octanol–water partition coefficient (Wildman–Crippen LogP) is 2.24. The maximum absolute atomic E-state index is 7.31. The molecule has 19 heavy (non-hydrogen) atoms. The van der Waals surface area contributed by atoms with E-state index >= 15 is 0 Å². The topological polar surface area (TPSA) is 76.9 Å². The Hall–Kier alpha value is -2.01. The number of hydrogen-bond acceptors (Lipinski definition) is 3. The molecule has 0 saturated carbocycles. The van der Waals surface area contributed by atoms with Crippen molar-refractivity contribution in [2.45, 2.75) is 13.5 Å². The second-order valence-corrected chi connectivity index (χ2v) is 4.56. The molecule has 1 aromatic carbocycles. The number of aryl methyl sites for hydroxylation is 2. The Labute approximate surface area is 116 Å². The molecule has 0 aliphatic carbocycles. The summed E-state index contributed by atoms with van der Waals surface area (Å²) in [6.07, 6.45) is 0. The number of ether oxygens (including phenoxy) is 1. The van der Waals surface area contributed by atoms with Gasteiger partial charge in [-0.1, -0.05) is 11.6 Å². The Bertz CT molecular complexity index is 604. The van der Waals surface area contributed by atoms with E-state index in [1.54, 1.807) is 36.0 Å². The lowest BCUT2D eigenvalue weighted by Crippen LogP contribution is -2.10. The molecule has 0 spiro atoms. The van der Waals surface area contributed by atoms with Crippen LogP contribution >= 0.6 is 11.6 Å². The molecule has 0 amide bonds. The van der Waals surface area contributed by atoms with E-state index in [1.807, 2.05) is 6.92 Å². The molecule has 6 heteroatoms. The fourth-order valence-corrected chi connectivity index (χ4v) is 1.95. The number of aromatic nitrogens is 2. The maximum Gasteiger partial charge on any atom is 0.133 e. The van der Waals surface area contributed by atoms with Crippen molar-refractivity contribution in [1.82, 2.24) is 9.78 Å². The fraction of sp³-hybridized carbons (Fsp3) is 0.231. The molecule has 0 atom stereocenters. The molecule has 5 nitrogen and oxygen atoms in total. The van der Waals surface area contributed by atoms with Crippen LogP contribution in [0.4, 0.5) is 0 Å². The van der Waals surface area contributed by atoms with E-state index in [9.17, 15) is 0 Å². The van der Waals surface area contributed by atoms with Crippen LogP contribution < -0.4 is 10.5 Å². The van der Waals surface area contributed by atoms with Crippen molar-refractivity contribution in [2.75, 3.05) is 0 Å². The van der Waals surface area contributed by atoms with E-state index in [4.69, 9.17) is 27.5 Å². The van der Waals surface area contributed by atoms with Crippen LogP contribution in [0.25, 0.3) is 0 Å². The molecular formula is C13H15ClN4O. The molecule has 0 aliphatic rings. The lowest BCUT2D eigenvalue weighted by atomic mass is 10.2. The van der Waals surface area contributed by atoms with Crippen LogP contribution in [-0.2, 0) is 13.7 Å². The zero-order valence-electron chi connectivity index (χ0n) is 10.8. The Morgan fingerprint density at radius 1 is 1.42 bits per heavy atom. The number of nitrogens with two attached hydrogens (primary N) is 1. The number of nitrogen functional groups attached to an aromatic ring is 1. The van der Waals surface area contributed by atoms with Gasteiger partial charge in [-0.15, -0.1) is 0 Å². The minimum absolute atomic E-state index is 0.0395. The molecule has 0 aliphatic heterocycles. The summed E-state index contributed by atoms with van der Waals surface area (Å²) in [7, 11) is 1.79. The van der Waals surface area contributed by atoms with Crippen LogP contribution in [0.1, 0.15) is 16.8 Å². The van der Waals surface area contributed by atoms with E-state index in [-0.39, 0.29) is 5.84 Å². The first-order valence-electron chi connectivity index (χ1n) is 5.74. The van der Waals surface area contributed by atoms with Crippen LogP contribution in [0.3, 0.4) is 0 Å². The van der Waals surface area contributed by atoms with Gasteiger partial charge in [0.15, 0.2) is 0 Å². The standard InChI is InChI=1S/C13H15ClN4O/c1-8-11(12(14)18(2)17-8)7-19-10-5-3-9(4-6-10)13(15)16/h3-6H,7H2,1-2H3,(H3,15,16). The van der Waals surface area contributed by atoms with Gasteiger partial charge < -0.3 is 10.5 Å². The largest absolute Gasteiger partial charge is 0.489 e. The maximum atomic E-state index is 7.31. The van der Waals surface area contributed by atoms with Crippen molar-refractivity contribution >= 4 is 17.4 Å². The quantitative estimate of drug-likeness (QED) is 0.665. The molecule has 1 heterocycles. The van der Waals surface area contributed by atoms with Gasteiger partial charge in [0.25, 0.3) is 0 Å². The predicted molar refractivity (Wildman–Crippen MR) is 74.7 cm³/mol. The summed E-state index contributed by atoms with van der Waals surface area (Å²) in [5.74, 6) is 0.738. The van der Waals surface area contributed by atoms with Gasteiger partial charge in [0.2, 0.25) is 0 Å². The molecule has 0 saturated heterocycles. The third kappa shape index (κ3) is 2.88. The average Bonchev–Trinajstić information content (AvgIpc) is 2.62. The number of nitrogens with one attached hydrogen (secondary N) is 1. The first-order valence-corrected chi connectivity index (χ1v) is 6.12. The zero-order valence-corrected chi connectivity index (χ0v) is 11.5. The van der Waals surface area contributed by atoms with Crippen LogP contribution in [0.2, 0.25) is 5.15 Å². The number of hydrogen-bond donors (Lipinski definition) is 2. The first kappa shape index (κ1) is 13.4. The van der Waals surface area contributed by atoms with Crippen molar-refractivity contribution in [3.8, 4) is 5.75 Å². The van der Waals surface area contributed by atoms with E-state index in [0.29, 0.717) is 23.1 Å². The highest BCUT2D eigenvalue weighted by Crippen LogP contribution is 2.21. The molecule has 0 unspecified atom stereocenters. The van der Waals surface area contributed by atoms with Crippen molar-refractivity contribution in [3.05, 3.63) is 46.2 Å². The monoisotopic (exact) mass is 278 g/mol. The van der Waals surface area contributed by atoms with Gasteiger partial charge in [-0.2, -0.15) is 5.10 Å². The van der Waals surface area contributed by atoms with E-state index in [1.165, 1.54) is 0 Å². The summed E-state index contributed by atoms with van der Waals surface area (Å²) in [5.41, 5.74) is 7.78. The molecule has 1 aromatic heterocycles. The summed E-state index contributed by atoms with van der Waals surface area (Å²) in [6.45, 7) is 2.25. The van der Waals surface area contributed by atoms with Gasteiger partial charge in [-0.3, -0.25) is 10.1 Å². The second kappa shape index (κ2) is 5.32. The van der Waals surface area contributed by atoms with Crippen LogP contribution in [0, 0.1) is 12.3 Å². The van der Waals surface area contributed by atoms with Crippen molar-refractivity contribution in [2.24, 2.45) is 12.8 Å². The first-order chi connectivity index (χ1) is 8.99. The fourth-order valence-electron chi connectivity index (χ4n) is 1.72. The Morgan fingerprint density at radius 3 is 2.53 bits per heavy atom. The molecule has 0 radical (unpaired) electrons. The van der Waals surface area contributed by atoms with Gasteiger partial charge in [0, 0.05) is 18.2 Å². The van der Waals surface area contributed by atoms with Crippen LogP contribution in [0.5, 0.6) is 5.75 Å². The van der Waals surface area contributed by atoms with Crippen molar-refractivity contribution in [3.63, 3.8) is 0 Å². The van der Waals surface area contributed by atoms with Gasteiger partial charge >= 0.3 is 0 Å². The van der Waals surface area contributed by atoms with E-state index < -0.39 is 0 Å². The van der Waals surface area contributed by atoms with E-state index in [2.05, 4.69) is 5.10 Å². The minimum atomic E-state index is 0.0395. The number of nitrogens with zero attached hydrogens (tertiary/aromatic N) is 2. The van der Waals surface area contributed by atoms with Gasteiger partial charge in [-0.05, 0) is 31.2 Å². The highest BCUT2D eigenvalue weighted by molar-refractivity contribution is 6.30. The molecule has 0 fully saturated rings. The molecule has 2 aromatic rings. The molecular weight excluding hydrogens is 264 g/mol. The van der Waals surface area contributed by atoms with Crippen LogP contribution in [0.15, 0.2) is 24.3 Å². The molecule has 0 bridgehead atoms. The number of amidine groups is 1. The normalized spacial score (nSPS) is 10.5. The number of rotatable bonds is 4. The highest BCUT2D eigenvalue weighted by atomic mass is 35.5. The molecule has 100 valence electrons. The van der Waals surface area contributed by atoms with Crippen LogP contribution in [-0.4, -0.2) is 15.6 Å². The summed E-state index contributed by atoms with van der Waals surface area (Å²) in [4.78, 5) is 0. The highest BCUT2D eigenvalue weighted by Gasteiger charge is 2.11. The zero-order chi connectivity index (χ0) is 14.0. The third-order valence-corrected chi connectivity index (χ3v) is 3.29. The molecule has 2 rings (SSSR count). The summed E-state index contributed by atoms with van der Waals surface area (Å²) < 4.78 is 7.27.